The van der Waals surface area contributed by atoms with Crippen molar-refractivity contribution in [3.8, 4) is 0 Å². The summed E-state index contributed by atoms with van der Waals surface area (Å²) in [5, 5.41) is 14.2. The zero-order valence-corrected chi connectivity index (χ0v) is 10.8. The van der Waals surface area contributed by atoms with E-state index in [0.717, 1.165) is 43.4 Å². The maximum Gasteiger partial charge on any atom is 0.251 e. The number of aromatic nitrogens is 2. The maximum absolute atomic E-state index is 12.1. The summed E-state index contributed by atoms with van der Waals surface area (Å²) in [6.07, 6.45) is 4.01. The number of carbonyl (C=O) groups excluding carboxylic acids is 1. The molecule has 5 nitrogen and oxygen atoms in total. The molecule has 1 aromatic heterocycles. The topological polar surface area (TPSA) is 69.8 Å². The summed E-state index contributed by atoms with van der Waals surface area (Å²) in [5.41, 5.74) is 1.65. The Hall–Kier alpha value is -1.88. The van der Waals surface area contributed by atoms with Crippen molar-refractivity contribution < 1.29 is 4.79 Å². The molecule has 5 heteroatoms. The third-order valence-corrected chi connectivity index (χ3v) is 3.71. The minimum atomic E-state index is 0.00151. The van der Waals surface area contributed by atoms with Crippen LogP contribution in [0.3, 0.4) is 0 Å². The van der Waals surface area contributed by atoms with Crippen LogP contribution in [0.15, 0.2) is 24.4 Å². The average Bonchev–Trinajstić information content (AvgIpc) is 2.93. The molecule has 0 atom stereocenters. The first kappa shape index (κ1) is 12.2. The van der Waals surface area contributed by atoms with E-state index in [2.05, 4.69) is 20.8 Å². The van der Waals surface area contributed by atoms with Crippen molar-refractivity contribution in [2.45, 2.75) is 12.8 Å². The van der Waals surface area contributed by atoms with Crippen molar-refractivity contribution in [1.82, 2.24) is 20.8 Å². The third-order valence-electron chi connectivity index (χ3n) is 3.71. The Morgan fingerprint density at radius 1 is 1.37 bits per heavy atom. The fourth-order valence-corrected chi connectivity index (χ4v) is 2.51. The number of nitrogens with one attached hydrogen (secondary N) is 3. The van der Waals surface area contributed by atoms with Gasteiger partial charge in [-0.15, -0.1) is 0 Å². The number of fused-ring (bicyclic) bond motifs is 1. The molecule has 3 rings (SSSR count). The summed E-state index contributed by atoms with van der Waals surface area (Å²) in [6.45, 7) is 2.88. The predicted octanol–water partition coefficient (Wildman–Crippen LogP) is 1.29. The fourth-order valence-electron chi connectivity index (χ4n) is 2.51. The molecule has 1 aliphatic rings. The Bertz CT molecular complexity index is 572. The summed E-state index contributed by atoms with van der Waals surface area (Å²) in [5.74, 6) is 0.601. The van der Waals surface area contributed by atoms with Crippen molar-refractivity contribution in [2.75, 3.05) is 19.6 Å². The van der Waals surface area contributed by atoms with E-state index in [9.17, 15) is 4.79 Å². The zero-order chi connectivity index (χ0) is 13.1. The molecule has 2 heterocycles. The first-order valence-corrected chi connectivity index (χ1v) is 6.75. The average molecular weight is 258 g/mol. The van der Waals surface area contributed by atoms with Gasteiger partial charge in [0, 0.05) is 17.5 Å². The van der Waals surface area contributed by atoms with E-state index in [1.54, 1.807) is 6.20 Å². The number of amides is 1. The van der Waals surface area contributed by atoms with Crippen LogP contribution in [0.5, 0.6) is 0 Å². The number of hydrogen-bond acceptors (Lipinski definition) is 3. The highest BCUT2D eigenvalue weighted by Gasteiger charge is 2.14. The highest BCUT2D eigenvalue weighted by molar-refractivity contribution is 5.97. The Kier molecular flexibility index (Phi) is 3.46. The van der Waals surface area contributed by atoms with E-state index in [1.807, 2.05) is 18.2 Å². The molecular weight excluding hydrogens is 240 g/mol. The van der Waals surface area contributed by atoms with Gasteiger partial charge in [-0.1, -0.05) is 0 Å². The van der Waals surface area contributed by atoms with E-state index in [-0.39, 0.29) is 5.91 Å². The normalized spacial score (nSPS) is 16.6. The maximum atomic E-state index is 12.1. The number of hydrogen-bond donors (Lipinski definition) is 3. The molecule has 1 saturated heterocycles. The molecule has 1 amide bonds. The number of piperidine rings is 1. The Morgan fingerprint density at radius 2 is 2.21 bits per heavy atom. The van der Waals surface area contributed by atoms with Crippen molar-refractivity contribution in [3.05, 3.63) is 30.0 Å². The molecule has 1 fully saturated rings. The SMILES string of the molecule is O=C(NCC1CCNCC1)c1ccc2[nH]ncc2c1. The smallest absolute Gasteiger partial charge is 0.251 e. The van der Waals surface area contributed by atoms with Crippen LogP contribution < -0.4 is 10.6 Å². The van der Waals surface area contributed by atoms with Gasteiger partial charge in [0.05, 0.1) is 11.7 Å². The van der Waals surface area contributed by atoms with Crippen molar-refractivity contribution in [1.29, 1.82) is 0 Å². The highest BCUT2D eigenvalue weighted by atomic mass is 16.1. The number of carbonyl (C=O) groups is 1. The van der Waals surface area contributed by atoms with Crippen LogP contribution in [-0.4, -0.2) is 35.7 Å². The lowest BCUT2D eigenvalue weighted by Crippen LogP contribution is -2.35. The van der Waals surface area contributed by atoms with Gasteiger partial charge in [0.2, 0.25) is 0 Å². The molecule has 1 aromatic carbocycles. The minimum absolute atomic E-state index is 0.00151. The first-order valence-electron chi connectivity index (χ1n) is 6.75. The quantitative estimate of drug-likeness (QED) is 0.777. The lowest BCUT2D eigenvalue weighted by molar-refractivity contribution is 0.0944. The third kappa shape index (κ3) is 2.76. The molecule has 0 saturated carbocycles. The summed E-state index contributed by atoms with van der Waals surface area (Å²) in [4.78, 5) is 12.1. The second kappa shape index (κ2) is 5.40. The molecule has 0 aliphatic carbocycles. The number of aromatic amines is 1. The van der Waals surface area contributed by atoms with Crippen LogP contribution in [0.1, 0.15) is 23.2 Å². The van der Waals surface area contributed by atoms with Gasteiger partial charge < -0.3 is 10.6 Å². The van der Waals surface area contributed by atoms with Gasteiger partial charge in [-0.2, -0.15) is 5.10 Å². The Morgan fingerprint density at radius 3 is 3.05 bits per heavy atom. The largest absolute Gasteiger partial charge is 0.352 e. The number of H-pyrrole nitrogens is 1. The van der Waals surface area contributed by atoms with Crippen molar-refractivity contribution in [2.24, 2.45) is 5.92 Å². The Balaban J connectivity index is 1.62. The van der Waals surface area contributed by atoms with Gasteiger partial charge in [0.25, 0.3) is 5.91 Å². The van der Waals surface area contributed by atoms with Gasteiger partial charge in [0.1, 0.15) is 0 Å². The monoisotopic (exact) mass is 258 g/mol. The highest BCUT2D eigenvalue weighted by Crippen LogP contribution is 2.14. The lowest BCUT2D eigenvalue weighted by atomic mass is 9.98. The van der Waals surface area contributed by atoms with Crippen LogP contribution in [-0.2, 0) is 0 Å². The molecule has 2 aromatic rings. The van der Waals surface area contributed by atoms with Crippen LogP contribution in [0, 0.1) is 5.92 Å². The van der Waals surface area contributed by atoms with E-state index in [4.69, 9.17) is 0 Å². The minimum Gasteiger partial charge on any atom is -0.352 e. The van der Waals surface area contributed by atoms with Gasteiger partial charge >= 0.3 is 0 Å². The van der Waals surface area contributed by atoms with Crippen molar-refractivity contribution in [3.63, 3.8) is 0 Å². The first-order chi connectivity index (χ1) is 9.33. The standard InChI is InChI=1S/C14H18N4O/c19-14(16-8-10-3-5-15-6-4-10)11-1-2-13-12(7-11)9-17-18-13/h1-2,7,9-10,15H,3-6,8H2,(H,16,19)(H,17,18). The van der Waals surface area contributed by atoms with E-state index in [0.29, 0.717) is 11.5 Å². The molecule has 0 spiro atoms. The molecule has 0 bridgehead atoms. The van der Waals surface area contributed by atoms with E-state index >= 15 is 0 Å². The molecule has 0 radical (unpaired) electrons. The second-order valence-corrected chi connectivity index (χ2v) is 5.08. The molecule has 0 unspecified atom stereocenters. The van der Waals surface area contributed by atoms with E-state index in [1.165, 1.54) is 0 Å². The molecule has 3 N–H and O–H groups in total. The molecular formula is C14H18N4O. The van der Waals surface area contributed by atoms with Gasteiger partial charge in [-0.25, -0.2) is 0 Å². The fraction of sp³-hybridized carbons (Fsp3) is 0.429. The number of benzene rings is 1. The zero-order valence-electron chi connectivity index (χ0n) is 10.8. The van der Waals surface area contributed by atoms with Crippen LogP contribution in [0.2, 0.25) is 0 Å². The molecule has 100 valence electrons. The number of rotatable bonds is 3. The predicted molar refractivity (Wildman–Crippen MR) is 74.0 cm³/mol. The number of nitrogens with zero attached hydrogens (tertiary/aromatic N) is 1. The van der Waals surface area contributed by atoms with Gasteiger partial charge in [0.15, 0.2) is 0 Å². The van der Waals surface area contributed by atoms with Crippen LogP contribution in [0.4, 0.5) is 0 Å². The van der Waals surface area contributed by atoms with Crippen LogP contribution in [0.25, 0.3) is 10.9 Å². The van der Waals surface area contributed by atoms with Gasteiger partial charge in [-0.3, -0.25) is 9.89 Å². The lowest BCUT2D eigenvalue weighted by Gasteiger charge is -2.22. The summed E-state index contributed by atoms with van der Waals surface area (Å²) < 4.78 is 0. The van der Waals surface area contributed by atoms with E-state index < -0.39 is 0 Å². The van der Waals surface area contributed by atoms with Gasteiger partial charge in [-0.05, 0) is 50.0 Å². The van der Waals surface area contributed by atoms with Crippen LogP contribution >= 0.6 is 0 Å². The second-order valence-electron chi connectivity index (χ2n) is 5.08. The summed E-state index contributed by atoms with van der Waals surface area (Å²) in [7, 11) is 0. The molecule has 19 heavy (non-hydrogen) atoms. The summed E-state index contributed by atoms with van der Waals surface area (Å²) in [6, 6.07) is 5.59. The molecule has 1 aliphatic heterocycles. The van der Waals surface area contributed by atoms with Crippen molar-refractivity contribution >= 4 is 16.8 Å². The Labute approximate surface area is 111 Å². The summed E-state index contributed by atoms with van der Waals surface area (Å²) >= 11 is 0.